The highest BCUT2D eigenvalue weighted by Crippen LogP contribution is 2.27. The van der Waals surface area contributed by atoms with Gasteiger partial charge in [-0.15, -0.1) is 0 Å². The van der Waals surface area contributed by atoms with Crippen LogP contribution in [0.1, 0.15) is 0 Å². The molecule has 1 aromatic rings. The minimum absolute atomic E-state index is 0.0494. The fourth-order valence-electron chi connectivity index (χ4n) is 0.929. The molecule has 0 unspecified atom stereocenters. The van der Waals surface area contributed by atoms with Gasteiger partial charge in [0.15, 0.2) is 5.75 Å². The second kappa shape index (κ2) is 5.31. The van der Waals surface area contributed by atoms with Gasteiger partial charge in [-0.3, -0.25) is 10.1 Å². The maximum absolute atomic E-state index is 12.8. The first-order valence-corrected chi connectivity index (χ1v) is 4.40. The Kier molecular flexibility index (Phi) is 4.05. The average Bonchev–Trinajstić information content (AvgIpc) is 2.18. The molecule has 0 fully saturated rings. The number of nitro benzene ring substituents is 1. The first-order valence-electron chi connectivity index (χ1n) is 3.97. The molecular formula is C9H7ClFNO3. The van der Waals surface area contributed by atoms with Crippen LogP contribution in [0.25, 0.3) is 0 Å². The van der Waals surface area contributed by atoms with Gasteiger partial charge in [-0.1, -0.05) is 11.6 Å². The number of rotatable bonds is 4. The summed E-state index contributed by atoms with van der Waals surface area (Å²) in [5.74, 6) is -0.708. The molecule has 0 saturated carbocycles. The lowest BCUT2D eigenvalue weighted by molar-refractivity contribution is -0.385. The van der Waals surface area contributed by atoms with Crippen molar-refractivity contribution in [3.8, 4) is 5.75 Å². The number of halogens is 2. The predicted octanol–water partition coefficient (Wildman–Crippen LogP) is 2.87. The van der Waals surface area contributed by atoms with Crippen molar-refractivity contribution >= 4 is 17.3 Å². The number of nitrogens with zero attached hydrogens (tertiary/aromatic N) is 1. The van der Waals surface area contributed by atoms with E-state index in [9.17, 15) is 14.5 Å². The van der Waals surface area contributed by atoms with E-state index < -0.39 is 10.7 Å². The van der Waals surface area contributed by atoms with E-state index in [2.05, 4.69) is 0 Å². The molecule has 1 aromatic carbocycles. The van der Waals surface area contributed by atoms with E-state index in [0.29, 0.717) is 0 Å². The lowest BCUT2D eigenvalue weighted by Gasteiger charge is -2.03. The van der Waals surface area contributed by atoms with Crippen LogP contribution in [0.2, 0.25) is 0 Å². The van der Waals surface area contributed by atoms with Crippen molar-refractivity contribution in [2.75, 3.05) is 6.61 Å². The van der Waals surface area contributed by atoms with E-state index in [1.807, 2.05) is 0 Å². The standard InChI is InChI=1S/C9H7ClFNO3/c10-4-1-5-15-9-6-7(11)2-3-8(9)12(13)14/h1-4,6H,5H2. The highest BCUT2D eigenvalue weighted by molar-refractivity contribution is 6.25. The summed E-state index contributed by atoms with van der Waals surface area (Å²) in [6.45, 7) is 0.0494. The van der Waals surface area contributed by atoms with Crippen LogP contribution >= 0.6 is 11.6 Å². The normalized spacial score (nSPS) is 10.5. The molecule has 0 radical (unpaired) electrons. The van der Waals surface area contributed by atoms with Crippen LogP contribution in [0, 0.1) is 15.9 Å². The Hall–Kier alpha value is -1.62. The van der Waals surface area contributed by atoms with Crippen LogP contribution in [0.15, 0.2) is 29.8 Å². The van der Waals surface area contributed by atoms with Crippen molar-refractivity contribution in [3.63, 3.8) is 0 Å². The van der Waals surface area contributed by atoms with E-state index in [1.54, 1.807) is 0 Å². The van der Waals surface area contributed by atoms with Crippen LogP contribution < -0.4 is 4.74 Å². The van der Waals surface area contributed by atoms with Gasteiger partial charge in [0.25, 0.3) is 0 Å². The highest BCUT2D eigenvalue weighted by Gasteiger charge is 2.15. The lowest BCUT2D eigenvalue weighted by atomic mass is 10.3. The Balaban J connectivity index is 2.91. The Labute approximate surface area is 90.1 Å². The topological polar surface area (TPSA) is 52.4 Å². The highest BCUT2D eigenvalue weighted by atomic mass is 35.5. The largest absolute Gasteiger partial charge is 0.482 e. The van der Waals surface area contributed by atoms with Crippen LogP contribution in [0.5, 0.6) is 5.75 Å². The minimum Gasteiger partial charge on any atom is -0.482 e. The molecule has 6 heteroatoms. The van der Waals surface area contributed by atoms with E-state index in [0.717, 1.165) is 18.2 Å². The van der Waals surface area contributed by atoms with E-state index in [-0.39, 0.29) is 18.0 Å². The summed E-state index contributed by atoms with van der Waals surface area (Å²) < 4.78 is 17.7. The zero-order chi connectivity index (χ0) is 11.3. The summed E-state index contributed by atoms with van der Waals surface area (Å²) in [5.41, 5.74) is 0.935. The van der Waals surface area contributed by atoms with Crippen LogP contribution in [-0.4, -0.2) is 11.5 Å². The smallest absolute Gasteiger partial charge is 0.311 e. The molecule has 0 heterocycles. The number of nitro groups is 1. The second-order valence-electron chi connectivity index (χ2n) is 2.54. The molecule has 0 aromatic heterocycles. The minimum atomic E-state index is -0.640. The molecule has 0 N–H and O–H groups in total. The first kappa shape index (κ1) is 11.5. The maximum Gasteiger partial charge on any atom is 0.311 e. The van der Waals surface area contributed by atoms with E-state index in [1.165, 1.54) is 11.6 Å². The molecule has 80 valence electrons. The summed E-state index contributed by atoms with van der Waals surface area (Å²) in [7, 11) is 0. The number of ether oxygens (including phenoxy) is 1. The van der Waals surface area contributed by atoms with Crippen molar-refractivity contribution in [3.05, 3.63) is 45.7 Å². The van der Waals surface area contributed by atoms with Gasteiger partial charge in [0.05, 0.1) is 4.92 Å². The van der Waals surface area contributed by atoms with Crippen molar-refractivity contribution in [1.82, 2.24) is 0 Å². The lowest BCUT2D eigenvalue weighted by Crippen LogP contribution is -1.98. The third-order valence-electron chi connectivity index (χ3n) is 1.54. The van der Waals surface area contributed by atoms with Gasteiger partial charge in [0.1, 0.15) is 12.4 Å². The third-order valence-corrected chi connectivity index (χ3v) is 1.72. The van der Waals surface area contributed by atoms with E-state index >= 15 is 0 Å². The summed E-state index contributed by atoms with van der Waals surface area (Å²) in [6.07, 6.45) is 1.44. The molecule has 0 aliphatic carbocycles. The summed E-state index contributed by atoms with van der Waals surface area (Å²) in [4.78, 5) is 9.89. The van der Waals surface area contributed by atoms with Gasteiger partial charge in [-0.2, -0.15) is 0 Å². The number of hydrogen-bond acceptors (Lipinski definition) is 3. The summed E-state index contributed by atoms with van der Waals surface area (Å²) in [5, 5.41) is 10.5. The Morgan fingerprint density at radius 3 is 2.93 bits per heavy atom. The molecule has 0 amide bonds. The molecule has 0 bridgehead atoms. The zero-order valence-electron chi connectivity index (χ0n) is 7.52. The number of benzene rings is 1. The van der Waals surface area contributed by atoms with Gasteiger partial charge in [0.2, 0.25) is 0 Å². The molecule has 0 spiro atoms. The number of hydrogen-bond donors (Lipinski definition) is 0. The summed E-state index contributed by atoms with van der Waals surface area (Å²) in [6, 6.07) is 3.01. The van der Waals surface area contributed by atoms with Gasteiger partial charge >= 0.3 is 5.69 Å². The molecule has 0 aliphatic rings. The molecule has 0 atom stereocenters. The van der Waals surface area contributed by atoms with Crippen molar-refractivity contribution in [1.29, 1.82) is 0 Å². The maximum atomic E-state index is 12.8. The third kappa shape index (κ3) is 3.21. The average molecular weight is 232 g/mol. The van der Waals surface area contributed by atoms with Crippen LogP contribution in [0.4, 0.5) is 10.1 Å². The van der Waals surface area contributed by atoms with E-state index in [4.69, 9.17) is 16.3 Å². The molecule has 0 aliphatic heterocycles. The predicted molar refractivity (Wildman–Crippen MR) is 53.5 cm³/mol. The van der Waals surface area contributed by atoms with Crippen molar-refractivity contribution in [2.24, 2.45) is 0 Å². The molecule has 0 saturated heterocycles. The summed E-state index contributed by atoms with van der Waals surface area (Å²) >= 11 is 5.23. The monoisotopic (exact) mass is 231 g/mol. The molecule has 4 nitrogen and oxygen atoms in total. The fourth-order valence-corrected chi connectivity index (χ4v) is 1.00. The van der Waals surface area contributed by atoms with Crippen LogP contribution in [0.3, 0.4) is 0 Å². The van der Waals surface area contributed by atoms with Crippen molar-refractivity contribution in [2.45, 2.75) is 0 Å². The molecule has 1 rings (SSSR count). The van der Waals surface area contributed by atoms with Gasteiger partial charge in [-0.05, 0) is 12.1 Å². The molecule has 15 heavy (non-hydrogen) atoms. The van der Waals surface area contributed by atoms with Gasteiger partial charge in [0, 0.05) is 17.7 Å². The Morgan fingerprint density at radius 2 is 2.33 bits per heavy atom. The van der Waals surface area contributed by atoms with Gasteiger partial charge in [-0.25, -0.2) is 4.39 Å². The molecular weight excluding hydrogens is 225 g/mol. The SMILES string of the molecule is O=[N+]([O-])c1ccc(F)cc1OCC=CCl. The van der Waals surface area contributed by atoms with Crippen LogP contribution in [-0.2, 0) is 0 Å². The Morgan fingerprint density at radius 1 is 1.60 bits per heavy atom. The second-order valence-corrected chi connectivity index (χ2v) is 2.79. The quantitative estimate of drug-likeness (QED) is 0.591. The Bertz CT molecular complexity index is 395. The zero-order valence-corrected chi connectivity index (χ0v) is 8.28. The fraction of sp³-hybridized carbons (Fsp3) is 0.111. The van der Waals surface area contributed by atoms with Gasteiger partial charge < -0.3 is 4.74 Å². The van der Waals surface area contributed by atoms with Crippen molar-refractivity contribution < 1.29 is 14.1 Å². The first-order chi connectivity index (χ1) is 7.15.